The molecule has 0 heterocycles. The lowest BCUT2D eigenvalue weighted by molar-refractivity contribution is 0.0742. The predicted molar refractivity (Wildman–Crippen MR) is 67.2 cm³/mol. The van der Waals surface area contributed by atoms with E-state index >= 15 is 0 Å². The van der Waals surface area contributed by atoms with Crippen LogP contribution in [0.15, 0.2) is 0 Å². The summed E-state index contributed by atoms with van der Waals surface area (Å²) in [6.45, 7) is 10.1. The Labute approximate surface area is 95.8 Å². The summed E-state index contributed by atoms with van der Waals surface area (Å²) in [6.07, 6.45) is 5.33. The van der Waals surface area contributed by atoms with Crippen LogP contribution in [-0.4, -0.2) is 25.8 Å². The molecular weight excluding hydrogens is 186 g/mol. The molecule has 0 spiro atoms. The lowest BCUT2D eigenvalue weighted by atomic mass is 9.94. The topological polar surface area (TPSA) is 21.3 Å². The molecule has 0 rings (SSSR count). The molecule has 3 unspecified atom stereocenters. The van der Waals surface area contributed by atoms with E-state index in [-0.39, 0.29) is 0 Å². The predicted octanol–water partition coefficient (Wildman–Crippen LogP) is 3.22. The second-order valence-corrected chi connectivity index (χ2v) is 4.63. The minimum absolute atomic E-state index is 0.316. The number of rotatable bonds is 9. The summed E-state index contributed by atoms with van der Waals surface area (Å²) in [6, 6.07) is 0.511. The molecule has 0 amide bonds. The first-order valence-corrected chi connectivity index (χ1v) is 6.41. The van der Waals surface area contributed by atoms with Crippen LogP contribution in [0, 0.1) is 5.92 Å². The molecule has 2 heteroatoms. The second kappa shape index (κ2) is 9.17. The highest BCUT2D eigenvalue weighted by Gasteiger charge is 2.18. The third-order valence-electron chi connectivity index (χ3n) is 3.03. The number of nitrogens with one attached hydrogen (secondary N) is 1. The molecule has 0 saturated carbocycles. The first kappa shape index (κ1) is 14.9. The maximum absolute atomic E-state index is 5.43. The highest BCUT2D eigenvalue weighted by Crippen LogP contribution is 2.15. The Balaban J connectivity index is 3.98. The molecule has 3 atom stereocenters. The number of methoxy groups -OCH3 is 1. The molecule has 0 aliphatic carbocycles. The van der Waals surface area contributed by atoms with E-state index in [1.165, 1.54) is 25.7 Å². The Morgan fingerprint density at radius 3 is 2.27 bits per heavy atom. The maximum Gasteiger partial charge on any atom is 0.0696 e. The first-order chi connectivity index (χ1) is 7.15. The summed E-state index contributed by atoms with van der Waals surface area (Å²) in [4.78, 5) is 0. The van der Waals surface area contributed by atoms with Gasteiger partial charge in [0, 0.05) is 13.2 Å². The van der Waals surface area contributed by atoms with Crippen LogP contribution >= 0.6 is 0 Å². The zero-order valence-electron chi connectivity index (χ0n) is 11.2. The van der Waals surface area contributed by atoms with Gasteiger partial charge in [0.1, 0.15) is 0 Å². The van der Waals surface area contributed by atoms with E-state index in [2.05, 4.69) is 33.0 Å². The van der Waals surface area contributed by atoms with E-state index in [1.807, 2.05) is 0 Å². The third kappa shape index (κ3) is 6.91. The SMILES string of the molecule is CCCNC(CC(C)CCC)C(C)OC. The van der Waals surface area contributed by atoms with Crippen molar-refractivity contribution < 1.29 is 4.74 Å². The standard InChI is InChI=1S/C13H29NO/c1-6-8-11(3)10-13(12(4)15-5)14-9-7-2/h11-14H,6-10H2,1-5H3. The van der Waals surface area contributed by atoms with Gasteiger partial charge in [-0.1, -0.05) is 33.6 Å². The van der Waals surface area contributed by atoms with Crippen molar-refractivity contribution in [2.75, 3.05) is 13.7 Å². The van der Waals surface area contributed by atoms with Crippen LogP contribution in [0.3, 0.4) is 0 Å². The number of hydrogen-bond acceptors (Lipinski definition) is 2. The van der Waals surface area contributed by atoms with E-state index in [0.717, 1.165) is 12.5 Å². The van der Waals surface area contributed by atoms with Gasteiger partial charge in [-0.2, -0.15) is 0 Å². The summed E-state index contributed by atoms with van der Waals surface area (Å²) < 4.78 is 5.43. The average molecular weight is 215 g/mol. The Morgan fingerprint density at radius 1 is 1.13 bits per heavy atom. The van der Waals surface area contributed by atoms with Gasteiger partial charge in [-0.05, 0) is 32.2 Å². The minimum Gasteiger partial charge on any atom is -0.380 e. The van der Waals surface area contributed by atoms with Crippen LogP contribution in [0.5, 0.6) is 0 Å². The first-order valence-electron chi connectivity index (χ1n) is 6.41. The molecule has 1 N–H and O–H groups in total. The summed E-state index contributed by atoms with van der Waals surface area (Å²) in [5.41, 5.74) is 0. The fraction of sp³-hybridized carbons (Fsp3) is 1.00. The van der Waals surface area contributed by atoms with E-state index in [4.69, 9.17) is 4.74 Å². The Bertz CT molecular complexity index is 138. The molecule has 0 aromatic heterocycles. The van der Waals surface area contributed by atoms with Crippen LogP contribution in [0.25, 0.3) is 0 Å². The van der Waals surface area contributed by atoms with Gasteiger partial charge in [-0.3, -0.25) is 0 Å². The largest absolute Gasteiger partial charge is 0.380 e. The third-order valence-corrected chi connectivity index (χ3v) is 3.03. The van der Waals surface area contributed by atoms with Crippen molar-refractivity contribution in [2.24, 2.45) is 5.92 Å². The summed E-state index contributed by atoms with van der Waals surface area (Å²) >= 11 is 0. The summed E-state index contributed by atoms with van der Waals surface area (Å²) in [5.74, 6) is 0.793. The molecule has 0 saturated heterocycles. The van der Waals surface area contributed by atoms with Crippen molar-refractivity contribution >= 4 is 0 Å². The van der Waals surface area contributed by atoms with E-state index in [0.29, 0.717) is 12.1 Å². The smallest absolute Gasteiger partial charge is 0.0696 e. The number of hydrogen-bond donors (Lipinski definition) is 1. The lowest BCUT2D eigenvalue weighted by Gasteiger charge is -2.26. The van der Waals surface area contributed by atoms with Crippen LogP contribution in [-0.2, 0) is 4.74 Å². The van der Waals surface area contributed by atoms with Crippen LogP contribution in [0.4, 0.5) is 0 Å². The lowest BCUT2D eigenvalue weighted by Crippen LogP contribution is -2.40. The highest BCUT2D eigenvalue weighted by atomic mass is 16.5. The molecule has 0 aromatic carbocycles. The van der Waals surface area contributed by atoms with Crippen molar-refractivity contribution in [3.05, 3.63) is 0 Å². The average Bonchev–Trinajstić information content (AvgIpc) is 2.23. The Kier molecular flexibility index (Phi) is 9.12. The van der Waals surface area contributed by atoms with Crippen molar-refractivity contribution in [1.82, 2.24) is 5.32 Å². The van der Waals surface area contributed by atoms with Gasteiger partial charge in [0.15, 0.2) is 0 Å². The zero-order chi connectivity index (χ0) is 11.7. The molecular formula is C13H29NO. The van der Waals surface area contributed by atoms with Crippen LogP contribution < -0.4 is 5.32 Å². The minimum atomic E-state index is 0.316. The molecule has 0 fully saturated rings. The highest BCUT2D eigenvalue weighted by molar-refractivity contribution is 4.75. The van der Waals surface area contributed by atoms with Gasteiger partial charge in [0.25, 0.3) is 0 Å². The quantitative estimate of drug-likeness (QED) is 0.637. The molecule has 2 nitrogen and oxygen atoms in total. The monoisotopic (exact) mass is 215 g/mol. The normalized spacial score (nSPS) is 17.4. The molecule has 15 heavy (non-hydrogen) atoms. The van der Waals surface area contributed by atoms with Crippen molar-refractivity contribution in [2.45, 2.75) is 65.5 Å². The Morgan fingerprint density at radius 2 is 1.80 bits per heavy atom. The van der Waals surface area contributed by atoms with Crippen molar-refractivity contribution in [3.8, 4) is 0 Å². The van der Waals surface area contributed by atoms with Gasteiger partial charge in [-0.25, -0.2) is 0 Å². The molecule has 0 aliphatic heterocycles. The summed E-state index contributed by atoms with van der Waals surface area (Å²) in [7, 11) is 1.80. The zero-order valence-corrected chi connectivity index (χ0v) is 11.2. The molecule has 0 radical (unpaired) electrons. The van der Waals surface area contributed by atoms with Crippen LogP contribution in [0.1, 0.15) is 53.4 Å². The maximum atomic E-state index is 5.43. The van der Waals surface area contributed by atoms with Crippen molar-refractivity contribution in [1.29, 1.82) is 0 Å². The van der Waals surface area contributed by atoms with Gasteiger partial charge in [-0.15, -0.1) is 0 Å². The van der Waals surface area contributed by atoms with Gasteiger partial charge >= 0.3 is 0 Å². The molecule has 92 valence electrons. The molecule has 0 aromatic rings. The molecule has 0 bridgehead atoms. The molecule has 0 aliphatic rings. The Hall–Kier alpha value is -0.0800. The van der Waals surface area contributed by atoms with Gasteiger partial charge in [0.2, 0.25) is 0 Å². The fourth-order valence-electron chi connectivity index (χ4n) is 1.98. The fourth-order valence-corrected chi connectivity index (χ4v) is 1.98. The second-order valence-electron chi connectivity index (χ2n) is 4.63. The van der Waals surface area contributed by atoms with Gasteiger partial charge in [0.05, 0.1) is 6.10 Å². The van der Waals surface area contributed by atoms with E-state index in [1.54, 1.807) is 7.11 Å². The van der Waals surface area contributed by atoms with E-state index < -0.39 is 0 Å². The van der Waals surface area contributed by atoms with Crippen molar-refractivity contribution in [3.63, 3.8) is 0 Å². The van der Waals surface area contributed by atoms with Gasteiger partial charge < -0.3 is 10.1 Å². The number of ether oxygens (including phenoxy) is 1. The van der Waals surface area contributed by atoms with Crippen LogP contribution in [0.2, 0.25) is 0 Å². The summed E-state index contributed by atoms with van der Waals surface area (Å²) in [5, 5.41) is 3.58. The van der Waals surface area contributed by atoms with E-state index in [9.17, 15) is 0 Å².